The quantitative estimate of drug-likeness (QED) is 0.354. The van der Waals surface area contributed by atoms with E-state index < -0.39 is 0 Å². The van der Waals surface area contributed by atoms with Crippen molar-refractivity contribution in [2.75, 3.05) is 30.4 Å². The molecule has 4 aromatic rings. The van der Waals surface area contributed by atoms with E-state index in [9.17, 15) is 0 Å². The largest absolute Gasteiger partial charge is 0.361 e. The number of piperidine rings is 1. The summed E-state index contributed by atoms with van der Waals surface area (Å²) in [6.07, 6.45) is 4.60. The number of para-hydroxylation sites is 2. The first-order valence-corrected chi connectivity index (χ1v) is 11.6. The molecule has 0 bridgehead atoms. The Labute approximate surface area is 194 Å². The number of rotatable bonds is 4. The molecule has 5 heteroatoms. The highest BCUT2D eigenvalue weighted by atomic mass is 32.1. The van der Waals surface area contributed by atoms with Gasteiger partial charge in [-0.25, -0.2) is 0 Å². The van der Waals surface area contributed by atoms with Crippen molar-refractivity contribution in [1.29, 1.82) is 0 Å². The number of benzene rings is 3. The number of thiocarbonyl (C=S) groups is 1. The highest BCUT2D eigenvalue weighted by Crippen LogP contribution is 2.34. The van der Waals surface area contributed by atoms with Crippen LogP contribution in [0.1, 0.15) is 24.3 Å². The molecule has 32 heavy (non-hydrogen) atoms. The van der Waals surface area contributed by atoms with Crippen molar-refractivity contribution < 1.29 is 0 Å². The molecule has 4 nitrogen and oxygen atoms in total. The van der Waals surface area contributed by atoms with E-state index in [0.717, 1.165) is 30.2 Å². The number of nitrogens with one attached hydrogen (secondary N) is 2. The highest BCUT2D eigenvalue weighted by Gasteiger charge is 2.21. The summed E-state index contributed by atoms with van der Waals surface area (Å²) < 4.78 is 0. The predicted molar refractivity (Wildman–Crippen MR) is 139 cm³/mol. The number of hydrogen-bond donors (Lipinski definition) is 2. The lowest BCUT2D eigenvalue weighted by atomic mass is 9.89. The van der Waals surface area contributed by atoms with Gasteiger partial charge in [0.1, 0.15) is 0 Å². The third kappa shape index (κ3) is 4.27. The lowest BCUT2D eigenvalue weighted by molar-refractivity contribution is 0.256. The minimum atomic E-state index is 0.604. The van der Waals surface area contributed by atoms with Gasteiger partial charge in [0.25, 0.3) is 0 Å². The van der Waals surface area contributed by atoms with Crippen LogP contribution >= 0.6 is 12.2 Å². The van der Waals surface area contributed by atoms with Gasteiger partial charge >= 0.3 is 0 Å². The van der Waals surface area contributed by atoms with Gasteiger partial charge in [-0.3, -0.25) is 4.90 Å². The van der Waals surface area contributed by atoms with Crippen LogP contribution in [0.4, 0.5) is 17.1 Å². The molecule has 5 rings (SSSR count). The molecule has 0 saturated carbocycles. The number of aromatic amines is 1. The minimum Gasteiger partial charge on any atom is -0.361 e. The Balaban J connectivity index is 1.44. The molecule has 1 aromatic heterocycles. The average Bonchev–Trinajstić information content (AvgIpc) is 3.24. The Bertz CT molecular complexity index is 1150. The van der Waals surface area contributed by atoms with Crippen LogP contribution in [0.2, 0.25) is 0 Å². The van der Waals surface area contributed by atoms with E-state index in [1.54, 1.807) is 0 Å². The molecule has 1 saturated heterocycles. The van der Waals surface area contributed by atoms with E-state index in [-0.39, 0.29) is 0 Å². The monoisotopic (exact) mass is 440 g/mol. The summed E-state index contributed by atoms with van der Waals surface area (Å²) in [6, 6.07) is 27.0. The number of aromatic nitrogens is 1. The van der Waals surface area contributed by atoms with E-state index in [1.165, 1.54) is 29.3 Å². The second-order valence-electron chi connectivity index (χ2n) is 8.52. The van der Waals surface area contributed by atoms with Crippen molar-refractivity contribution >= 4 is 45.3 Å². The summed E-state index contributed by atoms with van der Waals surface area (Å²) >= 11 is 5.90. The van der Waals surface area contributed by atoms with Gasteiger partial charge in [-0.05, 0) is 99.1 Å². The molecule has 2 heterocycles. The molecule has 1 aliphatic rings. The van der Waals surface area contributed by atoms with Crippen LogP contribution in [-0.4, -0.2) is 35.1 Å². The van der Waals surface area contributed by atoms with E-state index in [2.05, 4.69) is 75.8 Å². The molecule has 1 aliphatic heterocycles. The van der Waals surface area contributed by atoms with Crippen molar-refractivity contribution in [3.8, 4) is 0 Å². The second-order valence-corrected chi connectivity index (χ2v) is 8.91. The summed E-state index contributed by atoms with van der Waals surface area (Å²) in [5.74, 6) is 0.604. The van der Waals surface area contributed by atoms with Crippen LogP contribution in [0.3, 0.4) is 0 Å². The summed E-state index contributed by atoms with van der Waals surface area (Å²) in [7, 11) is 2.21. The van der Waals surface area contributed by atoms with Gasteiger partial charge in [0.05, 0.1) is 0 Å². The fourth-order valence-electron chi connectivity index (χ4n) is 4.59. The zero-order valence-corrected chi connectivity index (χ0v) is 19.1. The van der Waals surface area contributed by atoms with Gasteiger partial charge in [0, 0.05) is 34.2 Å². The highest BCUT2D eigenvalue weighted by molar-refractivity contribution is 7.80. The van der Waals surface area contributed by atoms with Crippen molar-refractivity contribution in [2.24, 2.45) is 0 Å². The first-order chi connectivity index (χ1) is 15.7. The number of fused-ring (bicyclic) bond motifs is 1. The average molecular weight is 441 g/mol. The van der Waals surface area contributed by atoms with Crippen LogP contribution in [-0.2, 0) is 0 Å². The molecular formula is C27H28N4S. The van der Waals surface area contributed by atoms with Crippen molar-refractivity contribution in [3.63, 3.8) is 0 Å². The summed E-state index contributed by atoms with van der Waals surface area (Å²) in [4.78, 5) is 7.96. The molecule has 0 atom stereocenters. The number of H-pyrrole nitrogens is 1. The summed E-state index contributed by atoms with van der Waals surface area (Å²) in [5, 5.41) is 5.43. The van der Waals surface area contributed by atoms with Gasteiger partial charge in [0.2, 0.25) is 0 Å². The Morgan fingerprint density at radius 2 is 1.56 bits per heavy atom. The maximum Gasteiger partial charge on any atom is 0.182 e. The minimum absolute atomic E-state index is 0.604. The second kappa shape index (κ2) is 9.15. The molecule has 0 aliphatic carbocycles. The molecule has 0 amide bonds. The van der Waals surface area contributed by atoms with E-state index in [1.807, 2.05) is 36.4 Å². The number of hydrogen-bond acceptors (Lipinski definition) is 2. The van der Waals surface area contributed by atoms with Gasteiger partial charge in [-0.1, -0.05) is 36.4 Å². The Hall–Kier alpha value is -3.15. The van der Waals surface area contributed by atoms with Gasteiger partial charge in [-0.15, -0.1) is 0 Å². The summed E-state index contributed by atoms with van der Waals surface area (Å²) in [5.41, 5.74) is 5.68. The van der Waals surface area contributed by atoms with E-state index in [0.29, 0.717) is 11.0 Å². The lowest BCUT2D eigenvalue weighted by Gasteiger charge is -2.29. The first kappa shape index (κ1) is 20.7. The Morgan fingerprint density at radius 1 is 0.938 bits per heavy atom. The van der Waals surface area contributed by atoms with Crippen molar-refractivity contribution in [3.05, 3.63) is 90.6 Å². The smallest absolute Gasteiger partial charge is 0.182 e. The fourth-order valence-corrected chi connectivity index (χ4v) is 4.92. The molecule has 3 aromatic carbocycles. The zero-order chi connectivity index (χ0) is 21.9. The van der Waals surface area contributed by atoms with Gasteiger partial charge in [-0.2, -0.15) is 0 Å². The Kier molecular flexibility index (Phi) is 5.93. The lowest BCUT2D eigenvalue weighted by Crippen LogP contribution is -2.30. The fraction of sp³-hybridized carbons (Fsp3) is 0.222. The number of likely N-dealkylation sites (tertiary alicyclic amines) is 1. The van der Waals surface area contributed by atoms with E-state index >= 15 is 0 Å². The first-order valence-electron chi connectivity index (χ1n) is 11.2. The summed E-state index contributed by atoms with van der Waals surface area (Å²) in [6.45, 7) is 2.31. The molecule has 0 unspecified atom stereocenters. The topological polar surface area (TPSA) is 34.3 Å². The number of nitrogens with zero attached hydrogens (tertiary/aromatic N) is 2. The van der Waals surface area contributed by atoms with Crippen LogP contribution < -0.4 is 10.2 Å². The van der Waals surface area contributed by atoms with Crippen molar-refractivity contribution in [1.82, 2.24) is 9.88 Å². The number of anilines is 3. The Morgan fingerprint density at radius 3 is 2.19 bits per heavy atom. The molecule has 2 N–H and O–H groups in total. The third-order valence-electron chi connectivity index (χ3n) is 6.36. The van der Waals surface area contributed by atoms with Crippen LogP contribution in [0, 0.1) is 0 Å². The maximum atomic E-state index is 5.90. The third-order valence-corrected chi connectivity index (χ3v) is 6.64. The van der Waals surface area contributed by atoms with Crippen molar-refractivity contribution in [2.45, 2.75) is 18.8 Å². The molecule has 1 fully saturated rings. The predicted octanol–water partition coefficient (Wildman–Crippen LogP) is 6.51. The zero-order valence-electron chi connectivity index (χ0n) is 18.3. The molecule has 0 spiro atoms. The maximum absolute atomic E-state index is 5.90. The van der Waals surface area contributed by atoms with Crippen LogP contribution in [0.15, 0.2) is 85.1 Å². The molecular weight excluding hydrogens is 412 g/mol. The van der Waals surface area contributed by atoms with Gasteiger partial charge < -0.3 is 15.2 Å². The van der Waals surface area contributed by atoms with E-state index in [4.69, 9.17) is 12.2 Å². The van der Waals surface area contributed by atoms with Crippen LogP contribution in [0.5, 0.6) is 0 Å². The molecule has 0 radical (unpaired) electrons. The normalized spacial score (nSPS) is 15.0. The van der Waals surface area contributed by atoms with Crippen LogP contribution in [0.25, 0.3) is 10.9 Å². The van der Waals surface area contributed by atoms with Gasteiger partial charge in [0.15, 0.2) is 5.11 Å². The standard InChI is InChI=1S/C27H28N4S/c1-30-16-14-20(15-17-30)25-19-28-26-13-12-21(18-24(25)26)29-27(32)31(22-8-4-2-5-9-22)23-10-6-3-7-11-23/h2-13,18-20,28H,14-17H2,1H3,(H,29,32). The molecule has 162 valence electrons. The SMILES string of the molecule is CN1CCC(c2c[nH]c3ccc(NC(=S)N(c4ccccc4)c4ccccc4)cc23)CC1.